The summed E-state index contributed by atoms with van der Waals surface area (Å²) in [7, 11) is -0.929. The highest BCUT2D eigenvalue weighted by Gasteiger charge is 2.06. The summed E-state index contributed by atoms with van der Waals surface area (Å²) in [6, 6.07) is 10.2. The first-order valence-electron chi connectivity index (χ1n) is 7.13. The minimum absolute atomic E-state index is 0.179. The Kier molecular flexibility index (Phi) is 7.22. The molecule has 0 aromatic heterocycles. The molecule has 0 atom stereocenters. The molecule has 0 aliphatic carbocycles. The van der Waals surface area contributed by atoms with Gasteiger partial charge in [0.1, 0.15) is 9.84 Å². The van der Waals surface area contributed by atoms with Gasteiger partial charge in [0.05, 0.1) is 5.75 Å². The third kappa shape index (κ3) is 7.70. The van der Waals surface area contributed by atoms with E-state index in [1.165, 1.54) is 11.8 Å². The van der Waals surface area contributed by atoms with Crippen LogP contribution in [0.1, 0.15) is 18.9 Å². The molecule has 1 N–H and O–H groups in total. The Bertz CT molecular complexity index is 541. The van der Waals surface area contributed by atoms with E-state index in [2.05, 4.69) is 22.4 Å². The largest absolute Gasteiger partial charge is 0.357 e. The number of sulfone groups is 1. The Labute approximate surface area is 128 Å². The average molecular weight is 311 g/mol. The molecule has 5 nitrogen and oxygen atoms in total. The molecule has 0 heterocycles. The Morgan fingerprint density at radius 1 is 1.29 bits per heavy atom. The van der Waals surface area contributed by atoms with Crippen molar-refractivity contribution in [2.24, 2.45) is 4.99 Å². The van der Waals surface area contributed by atoms with E-state index in [0.717, 1.165) is 19.0 Å². The Morgan fingerprint density at radius 3 is 2.52 bits per heavy atom. The van der Waals surface area contributed by atoms with E-state index in [1.54, 1.807) is 0 Å². The lowest BCUT2D eigenvalue weighted by Gasteiger charge is -2.22. The summed E-state index contributed by atoms with van der Waals surface area (Å²) < 4.78 is 22.2. The third-order valence-corrected chi connectivity index (χ3v) is 3.92. The first-order chi connectivity index (χ1) is 9.92. The Morgan fingerprint density at radius 2 is 1.95 bits per heavy atom. The van der Waals surface area contributed by atoms with Gasteiger partial charge in [-0.3, -0.25) is 4.99 Å². The predicted molar refractivity (Wildman–Crippen MR) is 88.2 cm³/mol. The number of guanidine groups is 1. The van der Waals surface area contributed by atoms with Crippen LogP contribution < -0.4 is 5.32 Å². The zero-order valence-electron chi connectivity index (χ0n) is 13.0. The van der Waals surface area contributed by atoms with Gasteiger partial charge in [-0.25, -0.2) is 8.42 Å². The SMILES string of the molecule is CCNC(=NCCCS(C)(=O)=O)N(C)Cc1ccccc1. The minimum atomic E-state index is -2.91. The molecule has 21 heavy (non-hydrogen) atoms. The lowest BCUT2D eigenvalue weighted by Crippen LogP contribution is -2.38. The molecule has 6 heteroatoms. The fourth-order valence-corrected chi connectivity index (χ4v) is 2.57. The number of nitrogens with one attached hydrogen (secondary N) is 1. The maximum atomic E-state index is 11.1. The van der Waals surface area contributed by atoms with E-state index >= 15 is 0 Å². The van der Waals surface area contributed by atoms with Crippen molar-refractivity contribution in [1.82, 2.24) is 10.2 Å². The predicted octanol–water partition coefficient (Wildman–Crippen LogP) is 1.52. The van der Waals surface area contributed by atoms with Gasteiger partial charge in [-0.05, 0) is 18.9 Å². The van der Waals surface area contributed by atoms with E-state index < -0.39 is 9.84 Å². The van der Waals surface area contributed by atoms with Crippen LogP contribution in [0.2, 0.25) is 0 Å². The van der Waals surface area contributed by atoms with E-state index in [1.807, 2.05) is 37.1 Å². The molecule has 0 aliphatic rings. The molecule has 118 valence electrons. The van der Waals surface area contributed by atoms with Crippen molar-refractivity contribution < 1.29 is 8.42 Å². The summed E-state index contributed by atoms with van der Waals surface area (Å²) in [5.74, 6) is 0.980. The van der Waals surface area contributed by atoms with Crippen LogP contribution in [-0.4, -0.2) is 51.4 Å². The molecule has 0 unspecified atom stereocenters. The molecule has 0 fully saturated rings. The van der Waals surface area contributed by atoms with Gasteiger partial charge < -0.3 is 10.2 Å². The van der Waals surface area contributed by atoms with Gasteiger partial charge in [0.2, 0.25) is 0 Å². The molecule has 1 rings (SSSR count). The van der Waals surface area contributed by atoms with Crippen molar-refractivity contribution in [2.75, 3.05) is 32.1 Å². The Balaban J connectivity index is 2.58. The zero-order chi connectivity index (χ0) is 15.7. The lowest BCUT2D eigenvalue weighted by molar-refractivity contribution is 0.477. The van der Waals surface area contributed by atoms with Gasteiger partial charge in [-0.2, -0.15) is 0 Å². The van der Waals surface area contributed by atoms with Crippen LogP contribution in [0.3, 0.4) is 0 Å². The number of benzene rings is 1. The van der Waals surface area contributed by atoms with Crippen LogP contribution in [0.15, 0.2) is 35.3 Å². The number of hydrogen-bond acceptors (Lipinski definition) is 3. The molecule has 1 aromatic rings. The van der Waals surface area contributed by atoms with Gasteiger partial charge in [0.15, 0.2) is 5.96 Å². The molecule has 0 aliphatic heterocycles. The highest BCUT2D eigenvalue weighted by Crippen LogP contribution is 2.03. The maximum absolute atomic E-state index is 11.1. The van der Waals surface area contributed by atoms with E-state index in [4.69, 9.17) is 0 Å². The van der Waals surface area contributed by atoms with E-state index in [0.29, 0.717) is 13.0 Å². The van der Waals surface area contributed by atoms with Crippen LogP contribution in [0.4, 0.5) is 0 Å². The number of rotatable bonds is 7. The number of hydrogen-bond donors (Lipinski definition) is 1. The van der Waals surface area contributed by atoms with Crippen LogP contribution in [0, 0.1) is 0 Å². The summed E-state index contributed by atoms with van der Waals surface area (Å²) in [6.07, 6.45) is 1.80. The lowest BCUT2D eigenvalue weighted by atomic mass is 10.2. The first-order valence-corrected chi connectivity index (χ1v) is 9.19. The monoisotopic (exact) mass is 311 g/mol. The van der Waals surface area contributed by atoms with Crippen LogP contribution in [-0.2, 0) is 16.4 Å². The van der Waals surface area contributed by atoms with Crippen LogP contribution >= 0.6 is 0 Å². The normalized spacial score (nSPS) is 12.2. The second-order valence-electron chi connectivity index (χ2n) is 5.06. The molecule has 0 bridgehead atoms. The average Bonchev–Trinajstić information content (AvgIpc) is 2.42. The molecule has 0 saturated carbocycles. The summed E-state index contributed by atoms with van der Waals surface area (Å²) in [4.78, 5) is 6.52. The fraction of sp³-hybridized carbons (Fsp3) is 0.533. The van der Waals surface area contributed by atoms with Gasteiger partial charge >= 0.3 is 0 Å². The molecule has 0 spiro atoms. The van der Waals surface area contributed by atoms with Gasteiger partial charge in [-0.1, -0.05) is 30.3 Å². The molecule has 1 aromatic carbocycles. The van der Waals surface area contributed by atoms with Gasteiger partial charge in [0.25, 0.3) is 0 Å². The quantitative estimate of drug-likeness (QED) is 0.471. The van der Waals surface area contributed by atoms with Crippen molar-refractivity contribution in [3.8, 4) is 0 Å². The van der Waals surface area contributed by atoms with Crippen molar-refractivity contribution >= 4 is 15.8 Å². The Hall–Kier alpha value is -1.56. The van der Waals surface area contributed by atoms with E-state index in [-0.39, 0.29) is 5.75 Å². The fourth-order valence-electron chi connectivity index (χ4n) is 1.91. The minimum Gasteiger partial charge on any atom is -0.357 e. The summed E-state index contributed by atoms with van der Waals surface area (Å²) in [5.41, 5.74) is 1.21. The van der Waals surface area contributed by atoms with Gasteiger partial charge in [0, 0.05) is 32.9 Å². The molecular formula is C15H25N3O2S. The van der Waals surface area contributed by atoms with Crippen LogP contribution in [0.25, 0.3) is 0 Å². The summed E-state index contributed by atoms with van der Waals surface area (Å²) in [5, 5.41) is 3.23. The van der Waals surface area contributed by atoms with Crippen molar-refractivity contribution in [2.45, 2.75) is 19.9 Å². The smallest absolute Gasteiger partial charge is 0.193 e. The molecular weight excluding hydrogens is 286 g/mol. The van der Waals surface area contributed by atoms with Gasteiger partial charge in [-0.15, -0.1) is 0 Å². The van der Waals surface area contributed by atoms with Crippen molar-refractivity contribution in [1.29, 1.82) is 0 Å². The topological polar surface area (TPSA) is 61.8 Å². The highest BCUT2D eigenvalue weighted by molar-refractivity contribution is 7.90. The number of nitrogens with zero attached hydrogens (tertiary/aromatic N) is 2. The van der Waals surface area contributed by atoms with E-state index in [9.17, 15) is 8.42 Å². The van der Waals surface area contributed by atoms with Crippen molar-refractivity contribution in [3.05, 3.63) is 35.9 Å². The molecule has 0 saturated heterocycles. The van der Waals surface area contributed by atoms with Crippen molar-refractivity contribution in [3.63, 3.8) is 0 Å². The van der Waals surface area contributed by atoms with Crippen LogP contribution in [0.5, 0.6) is 0 Å². The maximum Gasteiger partial charge on any atom is 0.193 e. The second-order valence-corrected chi connectivity index (χ2v) is 7.32. The summed E-state index contributed by atoms with van der Waals surface area (Å²) >= 11 is 0. The second kappa shape index (κ2) is 8.67. The first kappa shape index (κ1) is 17.5. The molecule has 0 radical (unpaired) electrons. The zero-order valence-corrected chi connectivity index (χ0v) is 13.9. The standard InChI is InChI=1S/C15H25N3O2S/c1-4-16-15(17-11-8-12-21(3,19)20)18(2)13-14-9-6-5-7-10-14/h5-7,9-10H,4,8,11-13H2,1-3H3,(H,16,17). The third-order valence-electron chi connectivity index (χ3n) is 2.89. The molecule has 0 amide bonds. The summed E-state index contributed by atoms with van der Waals surface area (Å²) in [6.45, 7) is 4.07. The number of aliphatic imine (C=N–C) groups is 1. The highest BCUT2D eigenvalue weighted by atomic mass is 32.2.